The van der Waals surface area contributed by atoms with Crippen LogP contribution in [-0.2, 0) is 0 Å². The van der Waals surface area contributed by atoms with Gasteiger partial charge in [0.25, 0.3) is 5.91 Å². The molecule has 0 fully saturated rings. The third-order valence-electron chi connectivity index (χ3n) is 2.23. The van der Waals surface area contributed by atoms with Gasteiger partial charge in [-0.25, -0.2) is 0 Å². The van der Waals surface area contributed by atoms with E-state index in [-0.39, 0.29) is 18.6 Å². The maximum atomic E-state index is 11.8. The Morgan fingerprint density at radius 1 is 1.62 bits per heavy atom. The summed E-state index contributed by atoms with van der Waals surface area (Å²) in [6.45, 7) is 1.84. The van der Waals surface area contributed by atoms with Crippen LogP contribution in [0.5, 0.6) is 0 Å². The molecule has 0 spiro atoms. The number of rotatable bonds is 4. The highest BCUT2D eigenvalue weighted by Crippen LogP contribution is 2.23. The van der Waals surface area contributed by atoms with Gasteiger partial charge in [-0.15, -0.1) is 0 Å². The van der Waals surface area contributed by atoms with Crippen molar-refractivity contribution in [2.45, 2.75) is 19.4 Å². The Hall–Kier alpha value is -0.580. The molecular weight excluding hydrogens is 293 g/mol. The number of amides is 1. The molecule has 1 atom stereocenters. The summed E-state index contributed by atoms with van der Waals surface area (Å²) >= 11 is 9.08. The van der Waals surface area contributed by atoms with E-state index in [2.05, 4.69) is 21.2 Å². The normalized spacial score (nSPS) is 12.2. The van der Waals surface area contributed by atoms with Crippen LogP contribution in [0.4, 0.5) is 0 Å². The van der Waals surface area contributed by atoms with E-state index < -0.39 is 0 Å². The highest BCUT2D eigenvalue weighted by Gasteiger charge is 2.12. The van der Waals surface area contributed by atoms with Gasteiger partial charge in [-0.2, -0.15) is 0 Å². The molecule has 0 radical (unpaired) electrons. The molecule has 0 aliphatic heterocycles. The van der Waals surface area contributed by atoms with Crippen molar-refractivity contribution in [1.82, 2.24) is 5.32 Å². The van der Waals surface area contributed by atoms with Gasteiger partial charge >= 0.3 is 0 Å². The first-order chi connectivity index (χ1) is 7.58. The minimum atomic E-state index is -0.210. The zero-order valence-corrected chi connectivity index (χ0v) is 11.2. The Bertz CT molecular complexity index is 380. The van der Waals surface area contributed by atoms with Crippen LogP contribution >= 0.6 is 27.5 Å². The maximum Gasteiger partial charge on any atom is 0.251 e. The Balaban J connectivity index is 2.76. The number of carbonyl (C=O) groups excluding carboxylic acids is 1. The number of halogens is 2. The molecule has 1 amide bonds. The van der Waals surface area contributed by atoms with Gasteiger partial charge in [0, 0.05) is 10.0 Å². The highest BCUT2D eigenvalue weighted by atomic mass is 79.9. The topological polar surface area (TPSA) is 49.3 Å². The van der Waals surface area contributed by atoms with Gasteiger partial charge in [0.15, 0.2) is 0 Å². The van der Waals surface area contributed by atoms with Crippen LogP contribution < -0.4 is 5.32 Å². The molecule has 16 heavy (non-hydrogen) atoms. The molecule has 0 heterocycles. The molecule has 3 nitrogen and oxygen atoms in total. The molecule has 1 aromatic rings. The molecule has 0 aliphatic carbocycles. The largest absolute Gasteiger partial charge is 0.394 e. The average Bonchev–Trinajstić information content (AvgIpc) is 2.29. The van der Waals surface area contributed by atoms with E-state index in [1.54, 1.807) is 18.2 Å². The van der Waals surface area contributed by atoms with E-state index in [1.165, 1.54) is 0 Å². The lowest BCUT2D eigenvalue weighted by atomic mass is 10.2. The number of aliphatic hydroxyl groups excluding tert-OH is 1. The van der Waals surface area contributed by atoms with Crippen molar-refractivity contribution in [2.24, 2.45) is 0 Å². The van der Waals surface area contributed by atoms with Crippen molar-refractivity contribution < 1.29 is 9.90 Å². The summed E-state index contributed by atoms with van der Waals surface area (Å²) in [6.07, 6.45) is 0.691. The van der Waals surface area contributed by atoms with Crippen molar-refractivity contribution in [3.63, 3.8) is 0 Å². The summed E-state index contributed by atoms with van der Waals surface area (Å²) in [6, 6.07) is 4.75. The second kappa shape index (κ2) is 6.23. The molecule has 0 aliphatic rings. The van der Waals surface area contributed by atoms with Gasteiger partial charge < -0.3 is 10.4 Å². The van der Waals surface area contributed by atoms with E-state index in [9.17, 15) is 4.79 Å². The summed E-state index contributed by atoms with van der Waals surface area (Å²) in [5.41, 5.74) is 0.517. The molecular formula is C11H13BrClNO2. The minimum Gasteiger partial charge on any atom is -0.394 e. The van der Waals surface area contributed by atoms with E-state index in [0.717, 1.165) is 0 Å². The second-order valence-corrected chi connectivity index (χ2v) is 4.65. The molecule has 88 valence electrons. The fraction of sp³-hybridized carbons (Fsp3) is 0.364. The number of carbonyl (C=O) groups is 1. The molecule has 0 bridgehead atoms. The smallest absolute Gasteiger partial charge is 0.251 e. The average molecular weight is 307 g/mol. The third kappa shape index (κ3) is 3.47. The van der Waals surface area contributed by atoms with Gasteiger partial charge in [-0.1, -0.05) is 18.5 Å². The first kappa shape index (κ1) is 13.5. The summed E-state index contributed by atoms with van der Waals surface area (Å²) in [4.78, 5) is 11.8. The number of aliphatic hydroxyl groups is 1. The number of benzene rings is 1. The second-order valence-electron chi connectivity index (χ2n) is 3.39. The van der Waals surface area contributed by atoms with Crippen LogP contribution in [0.2, 0.25) is 5.02 Å². The number of hydrogen-bond acceptors (Lipinski definition) is 2. The van der Waals surface area contributed by atoms with Crippen LogP contribution in [0, 0.1) is 0 Å². The lowest BCUT2D eigenvalue weighted by molar-refractivity contribution is 0.0915. The Morgan fingerprint density at radius 2 is 2.31 bits per heavy atom. The van der Waals surface area contributed by atoms with E-state index in [0.29, 0.717) is 21.5 Å². The van der Waals surface area contributed by atoms with Crippen molar-refractivity contribution in [3.8, 4) is 0 Å². The van der Waals surface area contributed by atoms with Crippen LogP contribution in [0.25, 0.3) is 0 Å². The lowest BCUT2D eigenvalue weighted by Gasteiger charge is -2.14. The van der Waals surface area contributed by atoms with Gasteiger partial charge in [0.1, 0.15) is 0 Å². The third-order valence-corrected chi connectivity index (χ3v) is 3.44. The minimum absolute atomic E-state index is 0.0585. The Morgan fingerprint density at radius 3 is 2.81 bits per heavy atom. The van der Waals surface area contributed by atoms with Gasteiger partial charge in [-0.05, 0) is 40.5 Å². The summed E-state index contributed by atoms with van der Waals surface area (Å²) in [5.74, 6) is -0.210. The molecule has 0 saturated heterocycles. The van der Waals surface area contributed by atoms with Crippen molar-refractivity contribution >= 4 is 33.4 Å². The van der Waals surface area contributed by atoms with Crippen molar-refractivity contribution in [2.75, 3.05) is 6.61 Å². The SMILES string of the molecule is CCC(CO)NC(=O)c1ccc(Cl)c(Br)c1. The fourth-order valence-electron chi connectivity index (χ4n) is 1.18. The Labute approximate surface area is 108 Å². The molecule has 1 aromatic carbocycles. The van der Waals surface area contributed by atoms with Gasteiger partial charge in [0.05, 0.1) is 17.7 Å². The van der Waals surface area contributed by atoms with Gasteiger partial charge in [0.2, 0.25) is 0 Å². The molecule has 1 rings (SSSR count). The zero-order chi connectivity index (χ0) is 12.1. The maximum absolute atomic E-state index is 11.8. The summed E-state index contributed by atoms with van der Waals surface area (Å²) in [7, 11) is 0. The molecule has 0 aromatic heterocycles. The standard InChI is InChI=1S/C11H13BrClNO2/c1-2-8(6-15)14-11(16)7-3-4-10(13)9(12)5-7/h3-5,8,15H,2,6H2,1H3,(H,14,16). The van der Waals surface area contributed by atoms with Crippen molar-refractivity contribution in [1.29, 1.82) is 0 Å². The predicted octanol–water partition coefficient (Wildman–Crippen LogP) is 2.60. The first-order valence-electron chi connectivity index (χ1n) is 4.95. The van der Waals surface area contributed by atoms with Gasteiger partial charge in [-0.3, -0.25) is 4.79 Å². The van der Waals surface area contributed by atoms with Crippen LogP contribution in [0.3, 0.4) is 0 Å². The van der Waals surface area contributed by atoms with E-state index in [4.69, 9.17) is 16.7 Å². The molecule has 2 N–H and O–H groups in total. The van der Waals surface area contributed by atoms with Crippen LogP contribution in [0.15, 0.2) is 22.7 Å². The quantitative estimate of drug-likeness (QED) is 0.898. The summed E-state index contributed by atoms with van der Waals surface area (Å²) in [5, 5.41) is 12.3. The lowest BCUT2D eigenvalue weighted by Crippen LogP contribution is -2.36. The highest BCUT2D eigenvalue weighted by molar-refractivity contribution is 9.10. The monoisotopic (exact) mass is 305 g/mol. The predicted molar refractivity (Wildman–Crippen MR) is 67.8 cm³/mol. The first-order valence-corrected chi connectivity index (χ1v) is 6.12. The van der Waals surface area contributed by atoms with Crippen LogP contribution in [0.1, 0.15) is 23.7 Å². The van der Waals surface area contributed by atoms with E-state index in [1.807, 2.05) is 6.92 Å². The Kier molecular flexibility index (Phi) is 5.25. The van der Waals surface area contributed by atoms with E-state index >= 15 is 0 Å². The number of nitrogens with one attached hydrogen (secondary N) is 1. The zero-order valence-electron chi connectivity index (χ0n) is 8.84. The fourth-order valence-corrected chi connectivity index (χ4v) is 1.68. The molecule has 0 saturated carbocycles. The molecule has 5 heteroatoms. The number of hydrogen-bond donors (Lipinski definition) is 2. The van der Waals surface area contributed by atoms with Crippen molar-refractivity contribution in [3.05, 3.63) is 33.3 Å². The van der Waals surface area contributed by atoms with Crippen LogP contribution in [-0.4, -0.2) is 23.7 Å². The molecule has 1 unspecified atom stereocenters. The summed E-state index contributed by atoms with van der Waals surface area (Å²) < 4.78 is 0.680.